The molecule has 0 bridgehead atoms. The van der Waals surface area contributed by atoms with Crippen LogP contribution in [0.4, 0.5) is 0 Å². The molecular weight excluding hydrogens is 312 g/mol. The van der Waals surface area contributed by atoms with Gasteiger partial charge < -0.3 is 15.3 Å². The summed E-state index contributed by atoms with van der Waals surface area (Å²) < 4.78 is 0. The van der Waals surface area contributed by atoms with Gasteiger partial charge in [0.25, 0.3) is 0 Å². The van der Waals surface area contributed by atoms with E-state index in [1.54, 1.807) is 26.0 Å². The molecule has 0 saturated carbocycles. The van der Waals surface area contributed by atoms with Crippen molar-refractivity contribution >= 4 is 0 Å². The molecule has 25 heavy (non-hydrogen) atoms. The summed E-state index contributed by atoms with van der Waals surface area (Å²) in [6.07, 6.45) is 19.2. The lowest BCUT2D eigenvalue weighted by atomic mass is 10.1. The summed E-state index contributed by atoms with van der Waals surface area (Å²) in [5.74, 6) is 7.70. The topological polar surface area (TPSA) is 60.7 Å². The second-order valence-corrected chi connectivity index (χ2v) is 5.66. The zero-order valence-corrected chi connectivity index (χ0v) is 16.5. The summed E-state index contributed by atoms with van der Waals surface area (Å²) in [7, 11) is 0. The number of hydrogen-bond donors (Lipinski definition) is 3. The molecule has 0 heterocycles. The van der Waals surface area contributed by atoms with E-state index in [1.165, 1.54) is 13.0 Å². The van der Waals surface area contributed by atoms with Gasteiger partial charge in [-0.15, -0.1) is 19.3 Å². The average Bonchev–Trinajstić information content (AvgIpc) is 2.55. The zero-order valence-electron chi connectivity index (χ0n) is 17.5. The van der Waals surface area contributed by atoms with Gasteiger partial charge in [0.05, 0.1) is 13.2 Å². The standard InChI is InChI=1S/3C6H8O.C4H10/c1-4-6(3,7)5-2;2*1-3-6(2)4-5-7;1-4(2)3/h1,5,7H,2H2,3H3;2*1,4,7H,5H2,2H3;4H,1-3H3/p+1/b;6-4+;6-4-;. The SMILES string of the molecule is C#C/C(C)=C/CO.C#C/C(C)=C\CO.C#CC(C)(O)C=C.CC(C)C.[H+]. The molecule has 0 saturated heterocycles. The van der Waals surface area contributed by atoms with Crippen molar-refractivity contribution in [3.05, 3.63) is 36.0 Å². The van der Waals surface area contributed by atoms with Gasteiger partial charge in [0.15, 0.2) is 0 Å². The third kappa shape index (κ3) is 44.9. The minimum Gasteiger partial charge on any atom is -0.392 e. The zero-order chi connectivity index (χ0) is 20.9. The summed E-state index contributed by atoms with van der Waals surface area (Å²) in [6.45, 7) is 14.9. The normalized spacial score (nSPS) is 12.1. The predicted molar refractivity (Wildman–Crippen MR) is 111 cm³/mol. The molecular formula is C22H35O3+. The molecule has 3 nitrogen and oxygen atoms in total. The summed E-state index contributed by atoms with van der Waals surface area (Å²) in [5, 5.41) is 25.2. The van der Waals surface area contributed by atoms with Crippen LogP contribution in [0.1, 0.15) is 43.0 Å². The van der Waals surface area contributed by atoms with Crippen LogP contribution in [0, 0.1) is 42.9 Å². The van der Waals surface area contributed by atoms with Crippen LogP contribution in [0.2, 0.25) is 0 Å². The van der Waals surface area contributed by atoms with E-state index in [0.717, 1.165) is 17.1 Å². The molecule has 3 heteroatoms. The number of allylic oxidation sites excluding steroid dienone is 2. The maximum atomic E-state index is 8.78. The fourth-order valence-electron chi connectivity index (χ4n) is 0.451. The minimum atomic E-state index is -1.12. The van der Waals surface area contributed by atoms with Gasteiger partial charge in [0.2, 0.25) is 0 Å². The maximum Gasteiger partial charge on any atom is 1.00 e. The Balaban J connectivity index is -0.0000000759. The lowest BCUT2D eigenvalue weighted by Crippen LogP contribution is -2.15. The summed E-state index contributed by atoms with van der Waals surface area (Å²) in [6, 6.07) is 0. The van der Waals surface area contributed by atoms with E-state index in [0.29, 0.717) is 0 Å². The molecule has 0 amide bonds. The van der Waals surface area contributed by atoms with Crippen molar-refractivity contribution in [3.63, 3.8) is 0 Å². The van der Waals surface area contributed by atoms with Gasteiger partial charge in [-0.3, -0.25) is 0 Å². The highest BCUT2D eigenvalue weighted by molar-refractivity contribution is 5.22. The number of aliphatic hydroxyl groups is 3. The first kappa shape index (κ1) is 30.6. The summed E-state index contributed by atoms with van der Waals surface area (Å²) in [4.78, 5) is 0. The van der Waals surface area contributed by atoms with E-state index in [4.69, 9.17) is 34.6 Å². The first-order chi connectivity index (χ1) is 11.5. The van der Waals surface area contributed by atoms with Crippen molar-refractivity contribution in [1.29, 1.82) is 0 Å². The Morgan fingerprint density at radius 2 is 1.32 bits per heavy atom. The largest absolute Gasteiger partial charge is 1.00 e. The Bertz CT molecular complexity index is 474. The fourth-order valence-corrected chi connectivity index (χ4v) is 0.451. The van der Waals surface area contributed by atoms with Crippen LogP contribution in [-0.4, -0.2) is 34.1 Å². The number of hydrogen-bond acceptors (Lipinski definition) is 3. The highest BCUT2D eigenvalue weighted by Crippen LogP contribution is 1.98. The monoisotopic (exact) mass is 347 g/mol. The van der Waals surface area contributed by atoms with Gasteiger partial charge in [0.1, 0.15) is 5.60 Å². The van der Waals surface area contributed by atoms with Crippen LogP contribution in [0.3, 0.4) is 0 Å². The molecule has 0 radical (unpaired) electrons. The first-order valence-corrected chi connectivity index (χ1v) is 7.79. The van der Waals surface area contributed by atoms with E-state index < -0.39 is 5.60 Å². The van der Waals surface area contributed by atoms with Crippen LogP contribution in [0.15, 0.2) is 36.0 Å². The summed E-state index contributed by atoms with van der Waals surface area (Å²) >= 11 is 0. The number of rotatable bonds is 3. The molecule has 0 aromatic carbocycles. The van der Waals surface area contributed by atoms with E-state index in [-0.39, 0.29) is 14.6 Å². The van der Waals surface area contributed by atoms with Crippen molar-refractivity contribution in [2.45, 2.75) is 47.1 Å². The lowest BCUT2D eigenvalue weighted by molar-refractivity contribution is 0.175. The smallest absolute Gasteiger partial charge is 0.392 e. The minimum absolute atomic E-state index is 0. The molecule has 140 valence electrons. The Labute approximate surface area is 156 Å². The highest BCUT2D eigenvalue weighted by Gasteiger charge is 2.07. The number of aliphatic hydroxyl groups excluding tert-OH is 2. The van der Waals surface area contributed by atoms with Gasteiger partial charge in [-0.25, -0.2) is 0 Å². The molecule has 0 rings (SSSR count). The van der Waals surface area contributed by atoms with Gasteiger partial charge in [-0.05, 0) is 56.1 Å². The van der Waals surface area contributed by atoms with Crippen LogP contribution >= 0.6 is 0 Å². The lowest BCUT2D eigenvalue weighted by Gasteiger charge is -2.06. The molecule has 0 aromatic heterocycles. The van der Waals surface area contributed by atoms with Gasteiger partial charge in [0, 0.05) is 0 Å². The summed E-state index contributed by atoms with van der Waals surface area (Å²) in [5.41, 5.74) is 0.435. The van der Waals surface area contributed by atoms with Crippen LogP contribution in [0.25, 0.3) is 0 Å². The van der Waals surface area contributed by atoms with E-state index in [2.05, 4.69) is 45.1 Å². The first-order valence-electron chi connectivity index (χ1n) is 7.79. The Kier molecular flexibility index (Phi) is 26.7. The third-order valence-corrected chi connectivity index (χ3v) is 1.94. The molecule has 0 aliphatic heterocycles. The maximum absolute atomic E-state index is 8.78. The van der Waals surface area contributed by atoms with Crippen LogP contribution in [0.5, 0.6) is 0 Å². The molecule has 1 atom stereocenters. The second kappa shape index (κ2) is 21.8. The molecule has 0 fully saturated rings. The number of terminal acetylenes is 3. The van der Waals surface area contributed by atoms with E-state index in [1.807, 2.05) is 0 Å². The van der Waals surface area contributed by atoms with E-state index in [9.17, 15) is 0 Å². The average molecular weight is 348 g/mol. The Morgan fingerprint density at radius 3 is 1.36 bits per heavy atom. The van der Waals surface area contributed by atoms with Crippen molar-refractivity contribution < 1.29 is 16.7 Å². The van der Waals surface area contributed by atoms with Gasteiger partial charge >= 0.3 is 1.43 Å². The van der Waals surface area contributed by atoms with Crippen molar-refractivity contribution in [3.8, 4) is 37.0 Å². The molecule has 3 N–H and O–H groups in total. The Morgan fingerprint density at radius 1 is 1.04 bits per heavy atom. The predicted octanol–water partition coefficient (Wildman–Crippen LogP) is 3.45. The fraction of sp³-hybridized carbons (Fsp3) is 0.455. The van der Waals surface area contributed by atoms with E-state index >= 15 is 0 Å². The quantitative estimate of drug-likeness (QED) is 0.541. The van der Waals surface area contributed by atoms with Crippen molar-refractivity contribution in [2.75, 3.05) is 13.2 Å². The van der Waals surface area contributed by atoms with Crippen molar-refractivity contribution in [2.24, 2.45) is 5.92 Å². The van der Waals surface area contributed by atoms with Crippen molar-refractivity contribution in [1.82, 2.24) is 0 Å². The molecule has 0 aliphatic rings. The second-order valence-electron chi connectivity index (χ2n) is 5.66. The molecule has 0 aliphatic carbocycles. The Hall–Kier alpha value is -2.22. The molecule has 1 unspecified atom stereocenters. The van der Waals surface area contributed by atoms with Gasteiger partial charge in [-0.1, -0.05) is 45.1 Å². The molecule has 0 spiro atoms. The molecule has 0 aromatic rings. The highest BCUT2D eigenvalue weighted by atomic mass is 16.3. The van der Waals surface area contributed by atoms with Crippen LogP contribution < -0.4 is 0 Å². The van der Waals surface area contributed by atoms with Crippen LogP contribution in [-0.2, 0) is 0 Å². The van der Waals surface area contributed by atoms with Gasteiger partial charge in [-0.2, -0.15) is 0 Å². The third-order valence-electron chi connectivity index (χ3n) is 1.94.